The van der Waals surface area contributed by atoms with Gasteiger partial charge in [-0.1, -0.05) is 29.5 Å². The first-order chi connectivity index (χ1) is 14.4. The fraction of sp³-hybridized carbons (Fsp3) is 0.348. The second-order valence-corrected chi connectivity index (χ2v) is 8.29. The molecule has 0 aliphatic carbocycles. The average Bonchev–Trinajstić information content (AvgIpc) is 3.16. The summed E-state index contributed by atoms with van der Waals surface area (Å²) in [7, 11) is 4.03. The fourth-order valence-electron chi connectivity index (χ4n) is 3.13. The summed E-state index contributed by atoms with van der Waals surface area (Å²) in [6, 6.07) is 12.6. The predicted octanol–water partition coefficient (Wildman–Crippen LogP) is 4.50. The van der Waals surface area contributed by atoms with Crippen LogP contribution in [0.15, 0.2) is 42.5 Å². The highest BCUT2D eigenvalue weighted by atomic mass is 32.1. The minimum atomic E-state index is -0.124. The lowest BCUT2D eigenvalue weighted by atomic mass is 10.1. The number of para-hydroxylation sites is 1. The molecule has 0 atom stereocenters. The van der Waals surface area contributed by atoms with Crippen LogP contribution < -0.4 is 9.64 Å². The summed E-state index contributed by atoms with van der Waals surface area (Å²) in [6.07, 6.45) is 0.818. The zero-order valence-electron chi connectivity index (χ0n) is 17.8. The molecule has 0 bridgehead atoms. The number of carbonyl (C=O) groups excluding carboxylic acids is 2. The fourth-order valence-corrected chi connectivity index (χ4v) is 4.14. The van der Waals surface area contributed by atoms with Crippen LogP contribution in [0.2, 0.25) is 0 Å². The molecule has 1 aromatic heterocycles. The number of ether oxygens (including phenoxy) is 1. The quantitative estimate of drug-likeness (QED) is 0.473. The Kier molecular flexibility index (Phi) is 7.18. The van der Waals surface area contributed by atoms with Crippen molar-refractivity contribution in [2.24, 2.45) is 0 Å². The van der Waals surface area contributed by atoms with Gasteiger partial charge in [0.15, 0.2) is 10.9 Å². The average molecular weight is 426 g/mol. The largest absolute Gasteiger partial charge is 0.492 e. The lowest BCUT2D eigenvalue weighted by molar-refractivity contribution is 0.0981. The maximum absolute atomic E-state index is 13.4. The SMILES string of the molecule is CCOc1cccc2sc(N(CCCN(C)C)C(=O)c3ccc(C(C)=O)cc3)nc12. The number of benzene rings is 2. The van der Waals surface area contributed by atoms with Gasteiger partial charge < -0.3 is 9.64 Å². The van der Waals surface area contributed by atoms with Crippen LogP contribution in [0.3, 0.4) is 0 Å². The third-order valence-electron chi connectivity index (χ3n) is 4.67. The molecule has 158 valence electrons. The number of nitrogens with zero attached hydrogens (tertiary/aromatic N) is 3. The maximum Gasteiger partial charge on any atom is 0.260 e. The molecule has 0 spiro atoms. The van der Waals surface area contributed by atoms with E-state index in [9.17, 15) is 9.59 Å². The van der Waals surface area contributed by atoms with E-state index in [-0.39, 0.29) is 11.7 Å². The summed E-state index contributed by atoms with van der Waals surface area (Å²) in [5.74, 6) is 0.580. The zero-order valence-corrected chi connectivity index (χ0v) is 18.7. The molecule has 0 aliphatic heterocycles. The Balaban J connectivity index is 1.95. The summed E-state index contributed by atoms with van der Waals surface area (Å²) in [4.78, 5) is 33.5. The Hall–Kier alpha value is -2.77. The Morgan fingerprint density at radius 3 is 2.37 bits per heavy atom. The van der Waals surface area contributed by atoms with Gasteiger partial charge in [0.05, 0.1) is 11.3 Å². The van der Waals surface area contributed by atoms with Crippen LogP contribution in [0.1, 0.15) is 41.0 Å². The lowest BCUT2D eigenvalue weighted by Crippen LogP contribution is -2.33. The van der Waals surface area contributed by atoms with E-state index in [1.54, 1.807) is 29.2 Å². The van der Waals surface area contributed by atoms with Gasteiger partial charge in [-0.05, 0) is 65.2 Å². The second-order valence-electron chi connectivity index (χ2n) is 7.28. The van der Waals surface area contributed by atoms with Crippen molar-refractivity contribution in [3.63, 3.8) is 0 Å². The molecule has 0 fully saturated rings. The molecule has 2 aromatic carbocycles. The Morgan fingerprint density at radius 2 is 1.73 bits per heavy atom. The molecule has 1 heterocycles. The summed E-state index contributed by atoms with van der Waals surface area (Å²) in [5.41, 5.74) is 1.90. The van der Waals surface area contributed by atoms with E-state index < -0.39 is 0 Å². The highest BCUT2D eigenvalue weighted by Crippen LogP contribution is 2.35. The van der Waals surface area contributed by atoms with Gasteiger partial charge in [0.25, 0.3) is 5.91 Å². The minimum absolute atomic E-state index is 0.0218. The highest BCUT2D eigenvalue weighted by molar-refractivity contribution is 7.22. The van der Waals surface area contributed by atoms with Crippen molar-refractivity contribution in [3.05, 3.63) is 53.6 Å². The smallest absolute Gasteiger partial charge is 0.260 e. The summed E-state index contributed by atoms with van der Waals surface area (Å²) < 4.78 is 6.69. The summed E-state index contributed by atoms with van der Waals surface area (Å²) in [6.45, 7) is 5.42. The number of fused-ring (bicyclic) bond motifs is 1. The molecule has 0 N–H and O–H groups in total. The topological polar surface area (TPSA) is 62.7 Å². The van der Waals surface area contributed by atoms with Crippen LogP contribution in [0.25, 0.3) is 10.2 Å². The van der Waals surface area contributed by atoms with Crippen molar-refractivity contribution >= 4 is 38.4 Å². The molecule has 7 heteroatoms. The maximum atomic E-state index is 13.4. The van der Waals surface area contributed by atoms with Gasteiger partial charge in [0.2, 0.25) is 0 Å². The monoisotopic (exact) mass is 425 g/mol. The molecule has 30 heavy (non-hydrogen) atoms. The second kappa shape index (κ2) is 9.82. The van der Waals surface area contributed by atoms with Crippen molar-refractivity contribution in [3.8, 4) is 5.75 Å². The van der Waals surface area contributed by atoms with E-state index in [2.05, 4.69) is 4.90 Å². The molecule has 1 amide bonds. The van der Waals surface area contributed by atoms with Crippen LogP contribution in [0.5, 0.6) is 5.75 Å². The first-order valence-corrected chi connectivity index (χ1v) is 10.8. The van der Waals surface area contributed by atoms with Crippen LogP contribution in [-0.4, -0.2) is 55.4 Å². The molecule has 0 aliphatic rings. The molecule has 6 nitrogen and oxygen atoms in total. The number of ketones is 1. The molecule has 3 aromatic rings. The van der Waals surface area contributed by atoms with E-state index >= 15 is 0 Å². The van der Waals surface area contributed by atoms with E-state index in [0.29, 0.717) is 29.4 Å². The van der Waals surface area contributed by atoms with Crippen LogP contribution in [0, 0.1) is 0 Å². The first kappa shape index (κ1) is 21.9. The van der Waals surface area contributed by atoms with Crippen LogP contribution in [0.4, 0.5) is 5.13 Å². The number of anilines is 1. The van der Waals surface area contributed by atoms with E-state index in [1.165, 1.54) is 18.3 Å². The predicted molar refractivity (Wildman–Crippen MR) is 122 cm³/mol. The van der Waals surface area contributed by atoms with Gasteiger partial charge in [-0.15, -0.1) is 0 Å². The van der Waals surface area contributed by atoms with Crippen LogP contribution in [-0.2, 0) is 0 Å². The standard InChI is InChI=1S/C23H27N3O3S/c1-5-29-19-8-6-9-20-21(19)24-23(30-20)26(15-7-14-25(3)4)22(28)18-12-10-17(11-13-18)16(2)27/h6,8-13H,5,7,14-15H2,1-4H3. The lowest BCUT2D eigenvalue weighted by Gasteiger charge is -2.21. The number of hydrogen-bond donors (Lipinski definition) is 0. The number of rotatable bonds is 9. The number of thiazole rings is 1. The van der Waals surface area contributed by atoms with Gasteiger partial charge in [0, 0.05) is 17.7 Å². The zero-order chi connectivity index (χ0) is 21.7. The van der Waals surface area contributed by atoms with E-state index in [0.717, 1.165) is 28.9 Å². The van der Waals surface area contributed by atoms with E-state index in [1.807, 2.05) is 39.2 Å². The van der Waals surface area contributed by atoms with Crippen molar-refractivity contribution in [2.45, 2.75) is 20.3 Å². The van der Waals surface area contributed by atoms with Crippen LogP contribution >= 0.6 is 11.3 Å². The number of carbonyl (C=O) groups is 2. The molecule has 0 saturated carbocycles. The van der Waals surface area contributed by atoms with E-state index in [4.69, 9.17) is 9.72 Å². The molecule has 0 unspecified atom stereocenters. The number of aromatic nitrogens is 1. The van der Waals surface area contributed by atoms with Gasteiger partial charge >= 0.3 is 0 Å². The highest BCUT2D eigenvalue weighted by Gasteiger charge is 2.22. The van der Waals surface area contributed by atoms with Gasteiger partial charge in [-0.3, -0.25) is 14.5 Å². The van der Waals surface area contributed by atoms with Gasteiger partial charge in [0.1, 0.15) is 11.3 Å². The molecule has 0 saturated heterocycles. The van der Waals surface area contributed by atoms with Crippen molar-refractivity contribution in [1.29, 1.82) is 0 Å². The molecule has 0 radical (unpaired) electrons. The molecular weight excluding hydrogens is 398 g/mol. The Bertz CT molecular complexity index is 1030. The Morgan fingerprint density at radius 1 is 1.03 bits per heavy atom. The Labute approximate surface area is 181 Å². The van der Waals surface area contributed by atoms with Crippen molar-refractivity contribution < 1.29 is 14.3 Å². The molecular formula is C23H27N3O3S. The minimum Gasteiger partial charge on any atom is -0.492 e. The summed E-state index contributed by atoms with van der Waals surface area (Å²) in [5, 5.41) is 0.650. The number of amides is 1. The summed E-state index contributed by atoms with van der Waals surface area (Å²) >= 11 is 1.48. The van der Waals surface area contributed by atoms with Gasteiger partial charge in [-0.25, -0.2) is 4.98 Å². The van der Waals surface area contributed by atoms with Crippen molar-refractivity contribution in [2.75, 3.05) is 38.7 Å². The number of Topliss-reactive ketones (excluding diaryl/α,β-unsaturated/α-hetero) is 1. The van der Waals surface area contributed by atoms with Crippen molar-refractivity contribution in [1.82, 2.24) is 9.88 Å². The number of hydrogen-bond acceptors (Lipinski definition) is 6. The third kappa shape index (κ3) is 5.04. The third-order valence-corrected chi connectivity index (χ3v) is 5.72. The van der Waals surface area contributed by atoms with Gasteiger partial charge in [-0.2, -0.15) is 0 Å². The molecule has 3 rings (SSSR count). The normalized spacial score (nSPS) is 11.1. The first-order valence-electron chi connectivity index (χ1n) is 10.0.